The zero-order chi connectivity index (χ0) is 18.3. The third-order valence-corrected chi connectivity index (χ3v) is 3.85. The minimum absolute atomic E-state index is 0.102. The van der Waals surface area contributed by atoms with Crippen molar-refractivity contribution in [1.29, 1.82) is 0 Å². The standard InChI is InChI=1S/C17H22F3N2O3/c1-2-3-7-21-8-10-22(11-9-21)16(23)24-13-14-5-4-6-15(12-14)25-17(18,19)20/h4-6,12H,1-3,7-11,13H2. The van der Waals surface area contributed by atoms with Crippen LogP contribution in [0.15, 0.2) is 24.3 Å². The third kappa shape index (κ3) is 6.81. The fraction of sp³-hybridized carbons (Fsp3) is 0.529. The van der Waals surface area contributed by atoms with E-state index in [1.807, 2.05) is 0 Å². The molecule has 25 heavy (non-hydrogen) atoms. The van der Waals surface area contributed by atoms with Gasteiger partial charge in [-0.2, -0.15) is 0 Å². The molecular weight excluding hydrogens is 337 g/mol. The summed E-state index contributed by atoms with van der Waals surface area (Å²) in [6.45, 7) is 7.40. The van der Waals surface area contributed by atoms with Gasteiger partial charge in [0, 0.05) is 26.2 Å². The Labute approximate surface area is 145 Å². The van der Waals surface area contributed by atoms with Crippen molar-refractivity contribution >= 4 is 6.09 Å². The smallest absolute Gasteiger partial charge is 0.445 e. The summed E-state index contributed by atoms with van der Waals surface area (Å²) < 4.78 is 45.7. The van der Waals surface area contributed by atoms with Gasteiger partial charge in [-0.05, 0) is 30.7 Å². The quantitative estimate of drug-likeness (QED) is 0.780. The van der Waals surface area contributed by atoms with Gasteiger partial charge in [0.15, 0.2) is 0 Å². The number of unbranched alkanes of at least 4 members (excludes halogenated alkanes) is 1. The molecule has 1 aromatic carbocycles. The summed E-state index contributed by atoms with van der Waals surface area (Å²) in [6.07, 6.45) is -3.29. The van der Waals surface area contributed by atoms with Gasteiger partial charge in [-0.3, -0.25) is 4.90 Å². The Morgan fingerprint density at radius 3 is 2.56 bits per heavy atom. The van der Waals surface area contributed by atoms with E-state index in [1.165, 1.54) is 18.2 Å². The number of ether oxygens (including phenoxy) is 2. The lowest BCUT2D eigenvalue weighted by atomic mass is 10.2. The minimum atomic E-state index is -4.75. The molecule has 1 amide bonds. The Hall–Kier alpha value is -1.96. The topological polar surface area (TPSA) is 42.0 Å². The van der Waals surface area contributed by atoms with E-state index in [9.17, 15) is 18.0 Å². The number of benzene rings is 1. The second kappa shape index (κ2) is 8.94. The van der Waals surface area contributed by atoms with Crippen LogP contribution in [0.5, 0.6) is 5.75 Å². The molecule has 5 nitrogen and oxygen atoms in total. The molecule has 1 aliphatic heterocycles. The molecule has 1 aliphatic rings. The molecule has 1 heterocycles. The predicted octanol–water partition coefficient (Wildman–Crippen LogP) is 3.45. The molecule has 0 N–H and O–H groups in total. The molecule has 1 saturated heterocycles. The van der Waals surface area contributed by atoms with Crippen LogP contribution in [0.3, 0.4) is 0 Å². The van der Waals surface area contributed by atoms with Gasteiger partial charge in [-0.25, -0.2) is 4.79 Å². The number of hydrogen-bond acceptors (Lipinski definition) is 4. The van der Waals surface area contributed by atoms with Gasteiger partial charge in [0.05, 0.1) is 0 Å². The van der Waals surface area contributed by atoms with Gasteiger partial charge < -0.3 is 14.4 Å². The zero-order valence-electron chi connectivity index (χ0n) is 13.9. The van der Waals surface area contributed by atoms with E-state index in [-0.39, 0.29) is 12.4 Å². The molecule has 8 heteroatoms. The summed E-state index contributed by atoms with van der Waals surface area (Å²) in [5.41, 5.74) is 0.434. The van der Waals surface area contributed by atoms with Crippen molar-refractivity contribution < 1.29 is 27.4 Å². The zero-order valence-corrected chi connectivity index (χ0v) is 13.9. The van der Waals surface area contributed by atoms with E-state index >= 15 is 0 Å². The molecule has 0 aromatic heterocycles. The van der Waals surface area contributed by atoms with Crippen molar-refractivity contribution in [3.05, 3.63) is 36.8 Å². The van der Waals surface area contributed by atoms with Crippen molar-refractivity contribution in [2.45, 2.75) is 25.8 Å². The molecule has 1 radical (unpaired) electrons. The summed E-state index contributed by atoms with van der Waals surface area (Å²) in [7, 11) is 0. The van der Waals surface area contributed by atoms with Gasteiger partial charge in [-0.15, -0.1) is 13.2 Å². The van der Waals surface area contributed by atoms with Crippen molar-refractivity contribution in [3.8, 4) is 5.75 Å². The maximum atomic E-state index is 12.2. The largest absolute Gasteiger partial charge is 0.573 e. The number of carbonyl (C=O) groups excluding carboxylic acids is 1. The highest BCUT2D eigenvalue weighted by Crippen LogP contribution is 2.23. The number of halogens is 3. The fourth-order valence-electron chi connectivity index (χ4n) is 2.56. The molecule has 0 saturated carbocycles. The first-order valence-electron chi connectivity index (χ1n) is 8.15. The van der Waals surface area contributed by atoms with Crippen molar-refractivity contribution in [2.75, 3.05) is 32.7 Å². The molecule has 1 fully saturated rings. The van der Waals surface area contributed by atoms with Crippen molar-refractivity contribution in [2.24, 2.45) is 0 Å². The molecule has 139 valence electrons. The summed E-state index contributed by atoms with van der Waals surface area (Å²) in [6, 6.07) is 5.40. The van der Waals surface area contributed by atoms with Gasteiger partial charge in [0.1, 0.15) is 12.4 Å². The molecular formula is C17H22F3N2O3. The Morgan fingerprint density at radius 1 is 1.20 bits per heavy atom. The lowest BCUT2D eigenvalue weighted by Crippen LogP contribution is -2.48. The average molecular weight is 359 g/mol. The van der Waals surface area contributed by atoms with Crippen LogP contribution in [0.2, 0.25) is 0 Å². The Kier molecular flexibility index (Phi) is 6.92. The number of rotatable bonds is 6. The molecule has 0 unspecified atom stereocenters. The molecule has 1 aromatic rings. The number of piperazine rings is 1. The van der Waals surface area contributed by atoms with Crippen molar-refractivity contribution in [1.82, 2.24) is 9.80 Å². The van der Waals surface area contributed by atoms with Gasteiger partial charge >= 0.3 is 12.5 Å². The van der Waals surface area contributed by atoms with E-state index in [0.717, 1.165) is 32.5 Å². The Morgan fingerprint density at radius 2 is 1.92 bits per heavy atom. The highest BCUT2D eigenvalue weighted by Gasteiger charge is 2.31. The van der Waals surface area contributed by atoms with Gasteiger partial charge in [0.2, 0.25) is 0 Å². The summed E-state index contributed by atoms with van der Waals surface area (Å²) in [4.78, 5) is 15.9. The van der Waals surface area contributed by atoms with E-state index in [1.54, 1.807) is 11.0 Å². The first kappa shape index (κ1) is 19.4. The molecule has 0 atom stereocenters. The van der Waals surface area contributed by atoms with Gasteiger partial charge in [-0.1, -0.05) is 25.5 Å². The van der Waals surface area contributed by atoms with Crippen LogP contribution in [0.1, 0.15) is 18.4 Å². The van der Waals surface area contributed by atoms with Crippen LogP contribution in [-0.2, 0) is 11.3 Å². The number of carbonyl (C=O) groups is 1. The Balaban J connectivity index is 1.78. The van der Waals surface area contributed by atoms with E-state index in [0.29, 0.717) is 18.7 Å². The van der Waals surface area contributed by atoms with Crippen LogP contribution in [0.25, 0.3) is 0 Å². The fourth-order valence-corrected chi connectivity index (χ4v) is 2.56. The predicted molar refractivity (Wildman–Crippen MR) is 85.9 cm³/mol. The monoisotopic (exact) mass is 359 g/mol. The average Bonchev–Trinajstić information content (AvgIpc) is 2.57. The van der Waals surface area contributed by atoms with Crippen molar-refractivity contribution in [3.63, 3.8) is 0 Å². The first-order chi connectivity index (χ1) is 11.9. The Bertz CT molecular complexity index is 558. The second-order valence-corrected chi connectivity index (χ2v) is 5.79. The first-order valence-corrected chi connectivity index (χ1v) is 8.15. The summed E-state index contributed by atoms with van der Waals surface area (Å²) >= 11 is 0. The molecule has 2 rings (SSSR count). The summed E-state index contributed by atoms with van der Waals surface area (Å²) in [5.74, 6) is -0.333. The van der Waals surface area contributed by atoms with E-state index in [2.05, 4.69) is 16.6 Å². The number of hydrogen-bond donors (Lipinski definition) is 0. The van der Waals surface area contributed by atoms with Gasteiger partial charge in [0.25, 0.3) is 0 Å². The highest BCUT2D eigenvalue weighted by molar-refractivity contribution is 5.67. The summed E-state index contributed by atoms with van der Waals surface area (Å²) in [5, 5.41) is 0. The molecule has 0 spiro atoms. The molecule has 0 aliphatic carbocycles. The maximum Gasteiger partial charge on any atom is 0.573 e. The van der Waals surface area contributed by atoms with Crippen LogP contribution in [0.4, 0.5) is 18.0 Å². The number of nitrogens with zero attached hydrogens (tertiary/aromatic N) is 2. The maximum absolute atomic E-state index is 12.2. The third-order valence-electron chi connectivity index (χ3n) is 3.85. The molecule has 0 bridgehead atoms. The highest BCUT2D eigenvalue weighted by atomic mass is 19.4. The van der Waals surface area contributed by atoms with Crippen LogP contribution in [0, 0.1) is 6.92 Å². The number of alkyl halides is 3. The normalized spacial score (nSPS) is 15.9. The SMILES string of the molecule is [CH2]CCCN1CCN(C(=O)OCc2cccc(OC(F)(F)F)c2)CC1. The number of amides is 1. The van der Waals surface area contributed by atoms with E-state index in [4.69, 9.17) is 4.74 Å². The van der Waals surface area contributed by atoms with Crippen LogP contribution < -0.4 is 4.74 Å². The van der Waals surface area contributed by atoms with E-state index < -0.39 is 12.5 Å². The minimum Gasteiger partial charge on any atom is -0.445 e. The lowest BCUT2D eigenvalue weighted by Gasteiger charge is -2.34. The lowest BCUT2D eigenvalue weighted by molar-refractivity contribution is -0.274. The van der Waals surface area contributed by atoms with Crippen LogP contribution in [-0.4, -0.2) is 55.0 Å². The second-order valence-electron chi connectivity index (χ2n) is 5.79. The van der Waals surface area contributed by atoms with Crippen LogP contribution >= 0.6 is 0 Å².